The highest BCUT2D eigenvalue weighted by Gasteiger charge is 2.49. The molecule has 0 bridgehead atoms. The summed E-state index contributed by atoms with van der Waals surface area (Å²) in [6.07, 6.45) is 1.46. The number of Topliss-reactive ketones (excluding diaryl/α,β-unsaturated/α-hetero) is 1. The molecule has 1 aliphatic rings. The van der Waals surface area contributed by atoms with Gasteiger partial charge in [-0.15, -0.1) is 0 Å². The molecule has 172 valence electrons. The molecule has 8 heteroatoms. The highest BCUT2D eigenvalue weighted by atomic mass is 16.5. The maximum absolute atomic E-state index is 13.3. The number of imidazole rings is 1. The molecule has 34 heavy (non-hydrogen) atoms. The molecule has 0 radical (unpaired) electrons. The average molecular weight is 457 g/mol. The number of H-pyrrole nitrogens is 1. The van der Waals surface area contributed by atoms with Gasteiger partial charge in [0.2, 0.25) is 5.95 Å². The van der Waals surface area contributed by atoms with E-state index in [9.17, 15) is 14.7 Å². The summed E-state index contributed by atoms with van der Waals surface area (Å²) >= 11 is 0. The number of ether oxygens (including phenoxy) is 1. The molecule has 2 aromatic heterocycles. The topological polar surface area (TPSA) is 109 Å². The minimum atomic E-state index is -0.988. The second-order valence-electron chi connectivity index (χ2n) is 8.40. The van der Waals surface area contributed by atoms with Gasteiger partial charge in [0.25, 0.3) is 5.78 Å². The number of rotatable bonds is 4. The van der Waals surface area contributed by atoms with Gasteiger partial charge < -0.3 is 19.2 Å². The maximum atomic E-state index is 13.3. The molecular formula is C26H23N3O5. The third-order valence-electron chi connectivity index (χ3n) is 6.11. The standard InChI is InChI=1S/C26H23N3O5/c1-13-7-8-17-18(10-13)28-26(27-17)29-22(19-6-5-9-34-19)21(24(31)25(29)32)23(30)16-11-15(3)20(33-4)12-14(16)2/h5-12,22,30H,1-4H3,(H,27,28)/b23-21+. The number of aromatic amines is 1. The predicted molar refractivity (Wildman–Crippen MR) is 127 cm³/mol. The Morgan fingerprint density at radius 3 is 2.62 bits per heavy atom. The minimum Gasteiger partial charge on any atom is -0.507 e. The molecule has 2 aromatic carbocycles. The average Bonchev–Trinajstić information content (AvgIpc) is 3.53. The molecular weight excluding hydrogens is 434 g/mol. The van der Waals surface area contributed by atoms with E-state index in [1.54, 1.807) is 38.3 Å². The van der Waals surface area contributed by atoms with Crippen LogP contribution in [0.2, 0.25) is 0 Å². The number of nitrogens with zero attached hydrogens (tertiary/aromatic N) is 2. The number of anilines is 1. The largest absolute Gasteiger partial charge is 0.507 e. The van der Waals surface area contributed by atoms with Crippen molar-refractivity contribution in [2.75, 3.05) is 12.0 Å². The summed E-state index contributed by atoms with van der Waals surface area (Å²) in [6, 6.07) is 11.5. The number of furan rings is 1. The van der Waals surface area contributed by atoms with Gasteiger partial charge in [0, 0.05) is 5.56 Å². The van der Waals surface area contributed by atoms with E-state index in [0.29, 0.717) is 28.2 Å². The van der Waals surface area contributed by atoms with Crippen LogP contribution in [0.3, 0.4) is 0 Å². The number of ketones is 1. The fourth-order valence-corrected chi connectivity index (χ4v) is 4.40. The summed E-state index contributed by atoms with van der Waals surface area (Å²) in [5.41, 5.74) is 4.27. The van der Waals surface area contributed by atoms with Crippen molar-refractivity contribution in [3.05, 3.63) is 82.3 Å². The van der Waals surface area contributed by atoms with Gasteiger partial charge in [0.05, 0.1) is 30.0 Å². The van der Waals surface area contributed by atoms with Crippen molar-refractivity contribution >= 4 is 34.4 Å². The first-order valence-electron chi connectivity index (χ1n) is 10.8. The first-order valence-corrected chi connectivity index (χ1v) is 10.8. The van der Waals surface area contributed by atoms with E-state index in [-0.39, 0.29) is 17.3 Å². The normalized spacial score (nSPS) is 17.6. The zero-order valence-electron chi connectivity index (χ0n) is 19.2. The number of benzene rings is 2. The quantitative estimate of drug-likeness (QED) is 0.261. The SMILES string of the molecule is COc1cc(C)c(/C(O)=C2\C(=O)C(=O)N(c3nc4ccc(C)cc4[nH]3)C2c2ccco2)cc1C. The van der Waals surface area contributed by atoms with Crippen molar-refractivity contribution in [3.8, 4) is 5.75 Å². The smallest absolute Gasteiger partial charge is 0.302 e. The summed E-state index contributed by atoms with van der Waals surface area (Å²) in [5, 5.41) is 11.4. The van der Waals surface area contributed by atoms with Crippen molar-refractivity contribution < 1.29 is 23.8 Å². The number of aryl methyl sites for hydroxylation is 3. The zero-order valence-corrected chi connectivity index (χ0v) is 19.2. The van der Waals surface area contributed by atoms with Crippen LogP contribution < -0.4 is 9.64 Å². The highest BCUT2D eigenvalue weighted by molar-refractivity contribution is 6.51. The summed E-state index contributed by atoms with van der Waals surface area (Å²) in [4.78, 5) is 35.5. The predicted octanol–water partition coefficient (Wildman–Crippen LogP) is 4.72. The van der Waals surface area contributed by atoms with Crippen molar-refractivity contribution in [1.29, 1.82) is 0 Å². The Kier molecular flexibility index (Phi) is 5.01. The zero-order chi connectivity index (χ0) is 24.1. The Labute approximate surface area is 195 Å². The summed E-state index contributed by atoms with van der Waals surface area (Å²) in [5.74, 6) is -0.705. The van der Waals surface area contributed by atoms with Crippen LogP contribution in [-0.2, 0) is 9.59 Å². The number of carbonyl (C=O) groups is 2. The Morgan fingerprint density at radius 1 is 1.12 bits per heavy atom. The van der Waals surface area contributed by atoms with Crippen LogP contribution in [0.5, 0.6) is 5.75 Å². The van der Waals surface area contributed by atoms with Gasteiger partial charge >= 0.3 is 5.91 Å². The monoisotopic (exact) mass is 457 g/mol. The molecule has 5 rings (SSSR count). The minimum absolute atomic E-state index is 0.0655. The third-order valence-corrected chi connectivity index (χ3v) is 6.11. The van der Waals surface area contributed by atoms with E-state index >= 15 is 0 Å². The van der Waals surface area contributed by atoms with E-state index in [4.69, 9.17) is 9.15 Å². The van der Waals surface area contributed by atoms with Crippen LogP contribution in [0.25, 0.3) is 16.8 Å². The van der Waals surface area contributed by atoms with Gasteiger partial charge in [0.1, 0.15) is 23.3 Å². The van der Waals surface area contributed by atoms with Crippen molar-refractivity contribution in [1.82, 2.24) is 9.97 Å². The molecule has 1 atom stereocenters. The van der Waals surface area contributed by atoms with Gasteiger partial charge in [-0.05, 0) is 73.9 Å². The molecule has 1 saturated heterocycles. The van der Waals surface area contributed by atoms with Gasteiger partial charge in [-0.2, -0.15) is 0 Å². The summed E-state index contributed by atoms with van der Waals surface area (Å²) < 4.78 is 11.0. The molecule has 8 nitrogen and oxygen atoms in total. The first-order chi connectivity index (χ1) is 16.3. The van der Waals surface area contributed by atoms with Crippen molar-refractivity contribution in [2.45, 2.75) is 26.8 Å². The van der Waals surface area contributed by atoms with Gasteiger partial charge in [-0.3, -0.25) is 14.5 Å². The molecule has 0 aliphatic carbocycles. The Bertz CT molecular complexity index is 1480. The number of methoxy groups -OCH3 is 1. The van der Waals surface area contributed by atoms with Gasteiger partial charge in [-0.25, -0.2) is 4.98 Å². The lowest BCUT2D eigenvalue weighted by atomic mass is 9.95. The fraction of sp³-hybridized carbons (Fsp3) is 0.192. The number of aromatic nitrogens is 2. The Hall–Kier alpha value is -4.33. The van der Waals surface area contributed by atoms with Crippen LogP contribution in [0.4, 0.5) is 5.95 Å². The maximum Gasteiger partial charge on any atom is 0.302 e. The van der Waals surface area contributed by atoms with Gasteiger partial charge in [-0.1, -0.05) is 6.07 Å². The first kappa shape index (κ1) is 21.5. The molecule has 1 fully saturated rings. The van der Waals surface area contributed by atoms with E-state index in [0.717, 1.165) is 16.6 Å². The summed E-state index contributed by atoms with van der Waals surface area (Å²) in [6.45, 7) is 5.60. The van der Waals surface area contributed by atoms with Crippen LogP contribution >= 0.6 is 0 Å². The third kappa shape index (κ3) is 3.26. The highest BCUT2D eigenvalue weighted by Crippen LogP contribution is 2.42. The molecule has 1 amide bonds. The van der Waals surface area contributed by atoms with E-state index in [1.165, 1.54) is 11.2 Å². The molecule has 0 saturated carbocycles. The van der Waals surface area contributed by atoms with Crippen molar-refractivity contribution in [2.24, 2.45) is 0 Å². The van der Waals surface area contributed by atoms with Crippen LogP contribution in [0.1, 0.15) is 34.1 Å². The number of aliphatic hydroxyl groups is 1. The number of carbonyl (C=O) groups excluding carboxylic acids is 2. The fourth-order valence-electron chi connectivity index (χ4n) is 4.40. The molecule has 0 spiro atoms. The number of amides is 1. The van der Waals surface area contributed by atoms with Crippen LogP contribution in [-0.4, -0.2) is 33.9 Å². The van der Waals surface area contributed by atoms with E-state index in [2.05, 4.69) is 9.97 Å². The second kappa shape index (κ2) is 7.91. The second-order valence-corrected chi connectivity index (χ2v) is 8.40. The van der Waals surface area contributed by atoms with E-state index < -0.39 is 17.7 Å². The molecule has 1 aliphatic heterocycles. The number of fused-ring (bicyclic) bond motifs is 1. The van der Waals surface area contributed by atoms with Crippen molar-refractivity contribution in [3.63, 3.8) is 0 Å². The number of nitrogens with one attached hydrogen (secondary N) is 1. The Morgan fingerprint density at radius 2 is 1.91 bits per heavy atom. The van der Waals surface area contributed by atoms with Crippen LogP contribution in [0, 0.1) is 20.8 Å². The lowest BCUT2D eigenvalue weighted by Crippen LogP contribution is -2.30. The van der Waals surface area contributed by atoms with E-state index in [1.807, 2.05) is 32.0 Å². The number of hydrogen-bond donors (Lipinski definition) is 2. The lowest BCUT2D eigenvalue weighted by Gasteiger charge is -2.21. The number of hydrogen-bond acceptors (Lipinski definition) is 6. The number of aliphatic hydroxyl groups excluding tert-OH is 1. The molecule has 1 unspecified atom stereocenters. The molecule has 2 N–H and O–H groups in total. The lowest BCUT2D eigenvalue weighted by molar-refractivity contribution is -0.132. The van der Waals surface area contributed by atoms with Crippen LogP contribution in [0.15, 0.2) is 58.7 Å². The Balaban J connectivity index is 1.72. The molecule has 4 aromatic rings. The van der Waals surface area contributed by atoms with Gasteiger partial charge in [0.15, 0.2) is 0 Å². The summed E-state index contributed by atoms with van der Waals surface area (Å²) in [7, 11) is 1.57. The molecule has 3 heterocycles.